The molecular weight excluding hydrogens is 711 g/mol. The SMILES string of the molecule is Ic1ccc(Nc2cc(Nc3ccc(I)cc3)cc(Nc3ccc(I)cc3)c2)cc1. The van der Waals surface area contributed by atoms with Crippen molar-refractivity contribution in [1.29, 1.82) is 0 Å². The molecule has 30 heavy (non-hydrogen) atoms. The highest BCUT2D eigenvalue weighted by molar-refractivity contribution is 14.1. The normalized spacial score (nSPS) is 10.5. The van der Waals surface area contributed by atoms with Crippen molar-refractivity contribution < 1.29 is 0 Å². The van der Waals surface area contributed by atoms with Crippen LogP contribution in [0.3, 0.4) is 0 Å². The molecule has 0 fully saturated rings. The molecule has 0 unspecified atom stereocenters. The standard InChI is InChI=1S/C24H18I3N3/c25-16-1-7-19(8-2-16)28-22-13-23(29-20-9-3-17(26)4-10-20)15-24(14-22)30-21-11-5-18(27)6-12-21/h1-15,28-30H. The van der Waals surface area contributed by atoms with Gasteiger partial charge in [0.1, 0.15) is 0 Å². The molecule has 0 saturated carbocycles. The molecule has 0 aromatic heterocycles. The molecule has 3 N–H and O–H groups in total. The van der Waals surface area contributed by atoms with E-state index in [4.69, 9.17) is 0 Å². The van der Waals surface area contributed by atoms with Crippen LogP contribution in [0.5, 0.6) is 0 Å². The Kier molecular flexibility index (Phi) is 7.37. The van der Waals surface area contributed by atoms with Gasteiger partial charge in [0.05, 0.1) is 0 Å². The smallest absolute Gasteiger partial charge is 0.0425 e. The van der Waals surface area contributed by atoms with Crippen LogP contribution in [0.2, 0.25) is 0 Å². The number of nitrogens with one attached hydrogen (secondary N) is 3. The van der Waals surface area contributed by atoms with Gasteiger partial charge in [-0.1, -0.05) is 0 Å². The van der Waals surface area contributed by atoms with Gasteiger partial charge in [-0.2, -0.15) is 0 Å². The van der Waals surface area contributed by atoms with Crippen LogP contribution < -0.4 is 16.0 Å². The van der Waals surface area contributed by atoms with Crippen molar-refractivity contribution in [2.75, 3.05) is 16.0 Å². The summed E-state index contributed by atoms with van der Waals surface area (Å²) in [5.74, 6) is 0. The minimum Gasteiger partial charge on any atom is -0.355 e. The Morgan fingerprint density at radius 1 is 0.333 bits per heavy atom. The lowest BCUT2D eigenvalue weighted by atomic mass is 10.2. The molecular formula is C24H18I3N3. The van der Waals surface area contributed by atoms with Crippen molar-refractivity contribution in [3.63, 3.8) is 0 Å². The zero-order valence-corrected chi connectivity index (χ0v) is 22.3. The first-order valence-corrected chi connectivity index (χ1v) is 12.5. The molecule has 3 nitrogen and oxygen atoms in total. The van der Waals surface area contributed by atoms with Gasteiger partial charge in [-0.05, 0) is 159 Å². The molecule has 0 heterocycles. The fourth-order valence-electron chi connectivity index (χ4n) is 2.94. The Hall–Kier alpha value is -1.53. The number of hydrogen-bond acceptors (Lipinski definition) is 3. The summed E-state index contributed by atoms with van der Waals surface area (Å²) in [5.41, 5.74) is 6.21. The van der Waals surface area contributed by atoms with Crippen molar-refractivity contribution in [2.45, 2.75) is 0 Å². The first kappa shape index (κ1) is 21.7. The zero-order valence-electron chi connectivity index (χ0n) is 15.8. The van der Waals surface area contributed by atoms with Gasteiger partial charge in [-0.3, -0.25) is 0 Å². The molecule has 150 valence electrons. The van der Waals surface area contributed by atoms with Crippen LogP contribution in [0, 0.1) is 10.7 Å². The number of hydrogen-bond donors (Lipinski definition) is 3. The molecule has 4 aromatic rings. The molecule has 4 rings (SSSR count). The van der Waals surface area contributed by atoms with Crippen LogP contribution in [0.4, 0.5) is 34.1 Å². The molecule has 0 saturated heterocycles. The maximum atomic E-state index is 3.52. The average molecular weight is 729 g/mol. The second kappa shape index (κ2) is 10.2. The van der Waals surface area contributed by atoms with E-state index in [2.05, 4.69) is 175 Å². The summed E-state index contributed by atoms with van der Waals surface area (Å²) in [7, 11) is 0. The van der Waals surface area contributed by atoms with Crippen molar-refractivity contribution in [2.24, 2.45) is 0 Å². The largest absolute Gasteiger partial charge is 0.355 e. The number of halogens is 3. The fourth-order valence-corrected chi connectivity index (χ4v) is 4.02. The maximum absolute atomic E-state index is 3.52. The van der Waals surface area contributed by atoms with Gasteiger partial charge in [-0.25, -0.2) is 0 Å². The molecule has 4 aromatic carbocycles. The van der Waals surface area contributed by atoms with Crippen LogP contribution in [0.1, 0.15) is 0 Å². The van der Waals surface area contributed by atoms with Crippen LogP contribution in [0.15, 0.2) is 91.0 Å². The van der Waals surface area contributed by atoms with E-state index in [9.17, 15) is 0 Å². The topological polar surface area (TPSA) is 36.1 Å². The Labute approximate surface area is 217 Å². The molecule has 0 aliphatic heterocycles. The summed E-state index contributed by atoms with van der Waals surface area (Å²) in [5, 5.41) is 10.5. The predicted octanol–water partition coefficient (Wildman–Crippen LogP) is 8.73. The third-order valence-electron chi connectivity index (χ3n) is 4.33. The van der Waals surface area contributed by atoms with Gasteiger partial charge in [0.15, 0.2) is 0 Å². The van der Waals surface area contributed by atoms with Gasteiger partial charge < -0.3 is 16.0 Å². The van der Waals surface area contributed by atoms with Gasteiger partial charge in [-0.15, -0.1) is 0 Å². The predicted molar refractivity (Wildman–Crippen MR) is 154 cm³/mol. The lowest BCUT2D eigenvalue weighted by Gasteiger charge is -2.15. The van der Waals surface area contributed by atoms with Crippen LogP contribution in [-0.2, 0) is 0 Å². The number of rotatable bonds is 6. The summed E-state index contributed by atoms with van der Waals surface area (Å²) in [6.07, 6.45) is 0. The van der Waals surface area contributed by atoms with E-state index < -0.39 is 0 Å². The van der Waals surface area contributed by atoms with Gasteiger partial charge in [0.25, 0.3) is 0 Å². The summed E-state index contributed by atoms with van der Waals surface area (Å²) < 4.78 is 3.65. The lowest BCUT2D eigenvalue weighted by Crippen LogP contribution is -1.98. The van der Waals surface area contributed by atoms with E-state index >= 15 is 0 Å². The Balaban J connectivity index is 1.64. The monoisotopic (exact) mass is 729 g/mol. The number of anilines is 6. The van der Waals surface area contributed by atoms with Crippen LogP contribution >= 0.6 is 67.8 Å². The van der Waals surface area contributed by atoms with Crippen molar-refractivity contribution in [1.82, 2.24) is 0 Å². The summed E-state index contributed by atoms with van der Waals surface area (Å²) >= 11 is 6.96. The quantitative estimate of drug-likeness (QED) is 0.174. The maximum Gasteiger partial charge on any atom is 0.0425 e. The van der Waals surface area contributed by atoms with Crippen molar-refractivity contribution in [3.8, 4) is 0 Å². The second-order valence-corrected chi connectivity index (χ2v) is 10.4. The minimum atomic E-state index is 1.01. The highest BCUT2D eigenvalue weighted by Crippen LogP contribution is 2.30. The lowest BCUT2D eigenvalue weighted by molar-refractivity contribution is 1.48. The highest BCUT2D eigenvalue weighted by Gasteiger charge is 2.05. The fraction of sp³-hybridized carbons (Fsp3) is 0. The van der Waals surface area contributed by atoms with E-state index in [0.29, 0.717) is 0 Å². The third-order valence-corrected chi connectivity index (χ3v) is 6.49. The summed E-state index contributed by atoms with van der Waals surface area (Å²) in [6, 6.07) is 31.5. The number of benzene rings is 4. The Morgan fingerprint density at radius 3 is 0.800 bits per heavy atom. The van der Waals surface area contributed by atoms with E-state index in [1.165, 1.54) is 10.7 Å². The zero-order chi connectivity index (χ0) is 20.9. The average Bonchev–Trinajstić information content (AvgIpc) is 2.73. The van der Waals surface area contributed by atoms with Crippen molar-refractivity contribution >= 4 is 102 Å². The molecule has 0 atom stereocenters. The first-order valence-electron chi connectivity index (χ1n) is 9.26. The molecule has 0 bridgehead atoms. The van der Waals surface area contributed by atoms with Crippen LogP contribution in [-0.4, -0.2) is 0 Å². The summed E-state index contributed by atoms with van der Waals surface area (Å²) in [6.45, 7) is 0. The molecule has 0 aliphatic carbocycles. The first-order chi connectivity index (χ1) is 14.5. The van der Waals surface area contributed by atoms with E-state index in [0.717, 1.165) is 34.1 Å². The summed E-state index contributed by atoms with van der Waals surface area (Å²) in [4.78, 5) is 0. The molecule has 0 radical (unpaired) electrons. The Morgan fingerprint density at radius 2 is 0.567 bits per heavy atom. The van der Waals surface area contributed by atoms with E-state index in [1.54, 1.807) is 0 Å². The molecule has 6 heteroatoms. The minimum absolute atomic E-state index is 1.01. The second-order valence-electron chi connectivity index (χ2n) is 6.69. The van der Waals surface area contributed by atoms with Crippen LogP contribution in [0.25, 0.3) is 0 Å². The van der Waals surface area contributed by atoms with E-state index in [-0.39, 0.29) is 0 Å². The molecule has 0 aliphatic rings. The molecule has 0 spiro atoms. The van der Waals surface area contributed by atoms with Gasteiger partial charge >= 0.3 is 0 Å². The van der Waals surface area contributed by atoms with Gasteiger partial charge in [0.2, 0.25) is 0 Å². The van der Waals surface area contributed by atoms with Gasteiger partial charge in [0, 0.05) is 44.8 Å². The molecule has 0 amide bonds. The van der Waals surface area contributed by atoms with Crippen molar-refractivity contribution in [3.05, 3.63) is 102 Å². The van der Waals surface area contributed by atoms with E-state index in [1.807, 2.05) is 0 Å². The Bertz CT molecular complexity index is 967. The third kappa shape index (κ3) is 6.24. The highest BCUT2D eigenvalue weighted by atomic mass is 127.